The van der Waals surface area contributed by atoms with Crippen LogP contribution in [-0.4, -0.2) is 30.8 Å². The zero-order valence-corrected chi connectivity index (χ0v) is 12.2. The predicted molar refractivity (Wildman–Crippen MR) is 78.2 cm³/mol. The van der Waals surface area contributed by atoms with Gasteiger partial charge in [-0.1, -0.05) is 31.7 Å². The van der Waals surface area contributed by atoms with Crippen LogP contribution in [0.4, 0.5) is 0 Å². The third-order valence-electron chi connectivity index (χ3n) is 4.50. The lowest BCUT2D eigenvalue weighted by Crippen LogP contribution is -2.52. The molecule has 1 aliphatic carbocycles. The number of pyridine rings is 1. The van der Waals surface area contributed by atoms with Gasteiger partial charge in [-0.25, -0.2) is 0 Å². The zero-order chi connectivity index (χ0) is 13.6. The number of rotatable bonds is 5. The largest absolute Gasteiger partial charge is 0.377 e. The highest BCUT2D eigenvalue weighted by molar-refractivity contribution is 5.12. The lowest BCUT2D eigenvalue weighted by Gasteiger charge is -2.39. The highest BCUT2D eigenvalue weighted by Gasteiger charge is 2.38. The summed E-state index contributed by atoms with van der Waals surface area (Å²) in [6.45, 7) is 0. The molecule has 0 aromatic carbocycles. The van der Waals surface area contributed by atoms with Gasteiger partial charge in [0.1, 0.15) is 0 Å². The third-order valence-corrected chi connectivity index (χ3v) is 4.50. The van der Waals surface area contributed by atoms with Gasteiger partial charge >= 0.3 is 0 Å². The molecule has 3 heteroatoms. The van der Waals surface area contributed by atoms with Gasteiger partial charge in [-0.05, 0) is 37.9 Å². The van der Waals surface area contributed by atoms with Crippen molar-refractivity contribution >= 4 is 0 Å². The van der Waals surface area contributed by atoms with E-state index in [0.717, 1.165) is 19.3 Å². The normalized spacial score (nSPS) is 20.7. The molecule has 0 aliphatic heterocycles. The summed E-state index contributed by atoms with van der Waals surface area (Å²) in [6.07, 6.45) is 12.3. The molecular weight excluding hydrogens is 236 g/mol. The summed E-state index contributed by atoms with van der Waals surface area (Å²) in [5, 5.41) is 3.49. The van der Waals surface area contributed by atoms with Crippen molar-refractivity contribution in [3.05, 3.63) is 30.1 Å². The minimum absolute atomic E-state index is 0.0128. The number of ether oxygens (including phenoxy) is 1. The van der Waals surface area contributed by atoms with E-state index in [1.807, 2.05) is 32.6 Å². The fourth-order valence-corrected chi connectivity index (χ4v) is 3.33. The maximum absolute atomic E-state index is 6.00. The fourth-order valence-electron chi connectivity index (χ4n) is 3.33. The first-order chi connectivity index (χ1) is 9.30. The number of nitrogens with one attached hydrogen (secondary N) is 1. The molecule has 1 atom stereocenters. The lowest BCUT2D eigenvalue weighted by atomic mass is 9.83. The molecule has 1 aromatic rings. The summed E-state index contributed by atoms with van der Waals surface area (Å²) in [5.41, 5.74) is 1.27. The van der Waals surface area contributed by atoms with Gasteiger partial charge in [-0.3, -0.25) is 4.98 Å². The third kappa shape index (κ3) is 3.54. The molecule has 19 heavy (non-hydrogen) atoms. The van der Waals surface area contributed by atoms with Gasteiger partial charge in [0, 0.05) is 25.5 Å². The van der Waals surface area contributed by atoms with Crippen molar-refractivity contribution in [3.8, 4) is 0 Å². The number of methoxy groups -OCH3 is 1. The molecule has 0 radical (unpaired) electrons. The molecule has 0 bridgehead atoms. The first kappa shape index (κ1) is 14.5. The van der Waals surface area contributed by atoms with E-state index in [4.69, 9.17) is 4.74 Å². The molecule has 1 unspecified atom stereocenters. The first-order valence-corrected chi connectivity index (χ1v) is 7.42. The molecule has 2 rings (SSSR count). The summed E-state index contributed by atoms with van der Waals surface area (Å²) in [7, 11) is 3.92. The van der Waals surface area contributed by atoms with Gasteiger partial charge < -0.3 is 10.1 Å². The monoisotopic (exact) mass is 262 g/mol. The Morgan fingerprint density at radius 1 is 1.32 bits per heavy atom. The Labute approximate surface area is 116 Å². The van der Waals surface area contributed by atoms with E-state index < -0.39 is 0 Å². The van der Waals surface area contributed by atoms with Gasteiger partial charge in [-0.2, -0.15) is 0 Å². The molecule has 0 spiro atoms. The van der Waals surface area contributed by atoms with Crippen LogP contribution in [0, 0.1) is 0 Å². The molecule has 1 N–H and O–H groups in total. The Kier molecular flexibility index (Phi) is 5.34. The lowest BCUT2D eigenvalue weighted by molar-refractivity contribution is -0.0509. The molecule has 0 amide bonds. The summed E-state index contributed by atoms with van der Waals surface area (Å²) < 4.78 is 6.00. The van der Waals surface area contributed by atoms with E-state index in [9.17, 15) is 0 Å². The molecule has 1 saturated carbocycles. The molecule has 3 nitrogen and oxygen atoms in total. The Morgan fingerprint density at radius 2 is 2.05 bits per heavy atom. The SMILES string of the molecule is CNC(Cc1cccnc1)C1(OC)CCCCCC1. The van der Waals surface area contributed by atoms with Crippen molar-refractivity contribution in [1.29, 1.82) is 0 Å². The number of hydrogen-bond acceptors (Lipinski definition) is 3. The molecule has 1 aromatic heterocycles. The smallest absolute Gasteiger partial charge is 0.0834 e. The van der Waals surface area contributed by atoms with Crippen LogP contribution in [0.15, 0.2) is 24.5 Å². The van der Waals surface area contributed by atoms with Crippen LogP contribution in [0.2, 0.25) is 0 Å². The van der Waals surface area contributed by atoms with Crippen LogP contribution in [-0.2, 0) is 11.2 Å². The number of hydrogen-bond donors (Lipinski definition) is 1. The van der Waals surface area contributed by atoms with E-state index in [1.165, 1.54) is 31.2 Å². The molecule has 106 valence electrons. The van der Waals surface area contributed by atoms with E-state index in [0.29, 0.717) is 6.04 Å². The summed E-state index contributed by atoms with van der Waals surface area (Å²) >= 11 is 0. The highest BCUT2D eigenvalue weighted by Crippen LogP contribution is 2.34. The number of aromatic nitrogens is 1. The topological polar surface area (TPSA) is 34.2 Å². The average molecular weight is 262 g/mol. The van der Waals surface area contributed by atoms with Crippen molar-refractivity contribution in [2.45, 2.75) is 56.6 Å². The minimum Gasteiger partial charge on any atom is -0.377 e. The second-order valence-corrected chi connectivity index (χ2v) is 5.59. The van der Waals surface area contributed by atoms with Crippen LogP contribution >= 0.6 is 0 Å². The Morgan fingerprint density at radius 3 is 2.58 bits per heavy atom. The van der Waals surface area contributed by atoms with Gasteiger partial charge in [0.05, 0.1) is 5.60 Å². The maximum Gasteiger partial charge on any atom is 0.0834 e. The summed E-state index contributed by atoms with van der Waals surface area (Å²) in [6, 6.07) is 4.52. The summed E-state index contributed by atoms with van der Waals surface area (Å²) in [5.74, 6) is 0. The predicted octanol–water partition coefficient (Wildman–Crippen LogP) is 2.95. The second-order valence-electron chi connectivity index (χ2n) is 5.59. The highest BCUT2D eigenvalue weighted by atomic mass is 16.5. The van der Waals surface area contributed by atoms with E-state index in [-0.39, 0.29) is 5.60 Å². The van der Waals surface area contributed by atoms with Gasteiger partial charge in [0.25, 0.3) is 0 Å². The van der Waals surface area contributed by atoms with Gasteiger partial charge in [0.2, 0.25) is 0 Å². The maximum atomic E-state index is 6.00. The van der Waals surface area contributed by atoms with E-state index in [2.05, 4.69) is 16.4 Å². The van der Waals surface area contributed by atoms with Crippen molar-refractivity contribution in [3.63, 3.8) is 0 Å². The van der Waals surface area contributed by atoms with Crippen LogP contribution in [0.1, 0.15) is 44.1 Å². The Balaban J connectivity index is 2.13. The van der Waals surface area contributed by atoms with E-state index >= 15 is 0 Å². The summed E-state index contributed by atoms with van der Waals surface area (Å²) in [4.78, 5) is 4.22. The number of nitrogens with zero attached hydrogens (tertiary/aromatic N) is 1. The second kappa shape index (κ2) is 7.01. The Bertz CT molecular complexity index is 358. The fraction of sp³-hybridized carbons (Fsp3) is 0.688. The number of likely N-dealkylation sites (N-methyl/N-ethyl adjacent to an activating group) is 1. The van der Waals surface area contributed by atoms with Crippen LogP contribution < -0.4 is 5.32 Å². The molecule has 1 aliphatic rings. The van der Waals surface area contributed by atoms with Crippen LogP contribution in [0.3, 0.4) is 0 Å². The van der Waals surface area contributed by atoms with Gasteiger partial charge in [0.15, 0.2) is 0 Å². The molecule has 1 fully saturated rings. The molecule has 0 saturated heterocycles. The standard InChI is InChI=1S/C16H26N2O/c1-17-15(12-14-8-7-11-18-13-14)16(19-2)9-5-3-4-6-10-16/h7-8,11,13,15,17H,3-6,9-10,12H2,1-2H3. The molecular formula is C16H26N2O. The molecule has 1 heterocycles. The quantitative estimate of drug-likeness (QED) is 0.828. The van der Waals surface area contributed by atoms with Crippen molar-refractivity contribution in [2.75, 3.05) is 14.2 Å². The van der Waals surface area contributed by atoms with Gasteiger partial charge in [-0.15, -0.1) is 0 Å². The van der Waals surface area contributed by atoms with Crippen LogP contribution in [0.5, 0.6) is 0 Å². The zero-order valence-electron chi connectivity index (χ0n) is 12.2. The minimum atomic E-state index is -0.0128. The van der Waals surface area contributed by atoms with Crippen molar-refractivity contribution < 1.29 is 4.74 Å². The average Bonchev–Trinajstić information content (AvgIpc) is 2.72. The van der Waals surface area contributed by atoms with Crippen molar-refractivity contribution in [1.82, 2.24) is 10.3 Å². The Hall–Kier alpha value is -0.930. The van der Waals surface area contributed by atoms with Crippen molar-refractivity contribution in [2.24, 2.45) is 0 Å². The van der Waals surface area contributed by atoms with Crippen LogP contribution in [0.25, 0.3) is 0 Å². The van der Waals surface area contributed by atoms with E-state index in [1.54, 1.807) is 0 Å². The first-order valence-electron chi connectivity index (χ1n) is 7.42.